The highest BCUT2D eigenvalue weighted by molar-refractivity contribution is 6.20. The molecule has 1 atom stereocenters. The first-order valence-electron chi connectivity index (χ1n) is 4.40. The SMILES string of the molecule is CC(Cl)CCCC(=O)CCC(=O)O. The van der Waals surface area contributed by atoms with E-state index in [1.807, 2.05) is 6.92 Å². The van der Waals surface area contributed by atoms with E-state index in [-0.39, 0.29) is 24.0 Å². The Morgan fingerprint density at radius 2 is 1.92 bits per heavy atom. The molecule has 0 aliphatic heterocycles. The van der Waals surface area contributed by atoms with Crippen molar-refractivity contribution >= 4 is 23.4 Å². The number of carboxylic acid groups (broad SMARTS) is 1. The van der Waals surface area contributed by atoms with Gasteiger partial charge in [-0.2, -0.15) is 0 Å². The Morgan fingerprint density at radius 3 is 2.38 bits per heavy atom. The molecular formula is C9H15ClO3. The molecule has 0 aromatic rings. The molecule has 13 heavy (non-hydrogen) atoms. The molecule has 0 aromatic heterocycles. The van der Waals surface area contributed by atoms with Gasteiger partial charge in [0.25, 0.3) is 0 Å². The number of carboxylic acids is 1. The number of carbonyl (C=O) groups excluding carboxylic acids is 1. The highest BCUT2D eigenvalue weighted by atomic mass is 35.5. The summed E-state index contributed by atoms with van der Waals surface area (Å²) in [5.74, 6) is -0.904. The van der Waals surface area contributed by atoms with Gasteiger partial charge in [0, 0.05) is 18.2 Å². The van der Waals surface area contributed by atoms with Crippen LogP contribution in [0.2, 0.25) is 0 Å². The standard InChI is InChI=1S/C9H15ClO3/c1-7(10)3-2-4-8(11)5-6-9(12)13/h7H,2-6H2,1H3,(H,12,13). The zero-order valence-electron chi connectivity index (χ0n) is 7.75. The van der Waals surface area contributed by atoms with Gasteiger partial charge >= 0.3 is 5.97 Å². The van der Waals surface area contributed by atoms with Crippen molar-refractivity contribution in [3.05, 3.63) is 0 Å². The first-order chi connectivity index (χ1) is 6.02. The number of ketones is 1. The number of hydrogen-bond donors (Lipinski definition) is 1. The Morgan fingerprint density at radius 1 is 1.31 bits per heavy atom. The minimum atomic E-state index is -0.918. The molecule has 0 rings (SSSR count). The van der Waals surface area contributed by atoms with E-state index in [4.69, 9.17) is 16.7 Å². The Labute approximate surface area is 83.1 Å². The lowest BCUT2D eigenvalue weighted by Gasteiger charge is -2.01. The van der Waals surface area contributed by atoms with Gasteiger partial charge in [0.15, 0.2) is 0 Å². The molecule has 0 radical (unpaired) electrons. The molecule has 0 aromatic carbocycles. The predicted molar refractivity (Wildman–Crippen MR) is 51.0 cm³/mol. The fraction of sp³-hybridized carbons (Fsp3) is 0.778. The second-order valence-electron chi connectivity index (χ2n) is 3.11. The smallest absolute Gasteiger partial charge is 0.303 e. The number of Topliss-reactive ketones (excluding diaryl/α,β-unsaturated/α-hetero) is 1. The lowest BCUT2D eigenvalue weighted by Crippen LogP contribution is -2.03. The normalized spacial score (nSPS) is 12.5. The van der Waals surface area contributed by atoms with Crippen molar-refractivity contribution in [1.82, 2.24) is 0 Å². The van der Waals surface area contributed by atoms with Gasteiger partial charge in [0.1, 0.15) is 5.78 Å². The molecule has 0 heterocycles. The highest BCUT2D eigenvalue weighted by Gasteiger charge is 2.05. The zero-order valence-corrected chi connectivity index (χ0v) is 8.51. The number of halogens is 1. The molecule has 0 spiro atoms. The maximum atomic E-state index is 11.0. The van der Waals surface area contributed by atoms with E-state index in [0.717, 1.165) is 12.8 Å². The van der Waals surface area contributed by atoms with E-state index in [0.29, 0.717) is 6.42 Å². The fourth-order valence-corrected chi connectivity index (χ4v) is 1.11. The summed E-state index contributed by atoms with van der Waals surface area (Å²) < 4.78 is 0. The van der Waals surface area contributed by atoms with Crippen LogP contribution in [0, 0.1) is 0 Å². The molecule has 3 nitrogen and oxygen atoms in total. The quantitative estimate of drug-likeness (QED) is 0.650. The summed E-state index contributed by atoms with van der Waals surface area (Å²) in [7, 11) is 0. The average Bonchev–Trinajstić information content (AvgIpc) is 2.00. The number of carbonyl (C=O) groups is 2. The van der Waals surface area contributed by atoms with Gasteiger partial charge in [0.2, 0.25) is 0 Å². The number of alkyl halides is 1. The first kappa shape index (κ1) is 12.4. The third kappa shape index (κ3) is 9.34. The van der Waals surface area contributed by atoms with Crippen molar-refractivity contribution in [3.63, 3.8) is 0 Å². The zero-order chi connectivity index (χ0) is 10.3. The summed E-state index contributed by atoms with van der Waals surface area (Å²) in [5, 5.41) is 8.39. The molecule has 0 amide bonds. The average molecular weight is 207 g/mol. The fourth-order valence-electron chi connectivity index (χ4n) is 0.952. The van der Waals surface area contributed by atoms with Crippen LogP contribution in [0.3, 0.4) is 0 Å². The second kappa shape index (κ2) is 6.89. The second-order valence-corrected chi connectivity index (χ2v) is 3.85. The van der Waals surface area contributed by atoms with Gasteiger partial charge < -0.3 is 5.11 Å². The summed E-state index contributed by atoms with van der Waals surface area (Å²) in [4.78, 5) is 21.1. The molecule has 0 aliphatic carbocycles. The molecule has 0 saturated carbocycles. The maximum Gasteiger partial charge on any atom is 0.303 e. The third-order valence-corrected chi connectivity index (χ3v) is 1.89. The molecule has 0 saturated heterocycles. The third-order valence-electron chi connectivity index (χ3n) is 1.68. The van der Waals surface area contributed by atoms with Gasteiger partial charge in [-0.15, -0.1) is 11.6 Å². The molecule has 1 unspecified atom stereocenters. The summed E-state index contributed by atoms with van der Waals surface area (Å²) >= 11 is 5.68. The van der Waals surface area contributed by atoms with E-state index < -0.39 is 5.97 Å². The van der Waals surface area contributed by atoms with E-state index in [1.54, 1.807) is 0 Å². The van der Waals surface area contributed by atoms with Crippen molar-refractivity contribution in [3.8, 4) is 0 Å². The Hall–Kier alpha value is -0.570. The predicted octanol–water partition coefficient (Wildman–Crippen LogP) is 2.22. The lowest BCUT2D eigenvalue weighted by atomic mass is 10.1. The Balaban J connectivity index is 3.36. The van der Waals surface area contributed by atoms with Crippen molar-refractivity contribution in [2.24, 2.45) is 0 Å². The van der Waals surface area contributed by atoms with Gasteiger partial charge in [-0.05, 0) is 19.8 Å². The topological polar surface area (TPSA) is 54.4 Å². The minimum Gasteiger partial charge on any atom is -0.481 e. The van der Waals surface area contributed by atoms with E-state index >= 15 is 0 Å². The summed E-state index contributed by atoms with van der Waals surface area (Å²) in [6.07, 6.45) is 2.09. The lowest BCUT2D eigenvalue weighted by molar-refractivity contribution is -0.138. The monoisotopic (exact) mass is 206 g/mol. The van der Waals surface area contributed by atoms with Crippen LogP contribution in [0.5, 0.6) is 0 Å². The van der Waals surface area contributed by atoms with Gasteiger partial charge in [-0.3, -0.25) is 9.59 Å². The Bertz CT molecular complexity index is 178. The van der Waals surface area contributed by atoms with Crippen LogP contribution in [0.15, 0.2) is 0 Å². The van der Waals surface area contributed by atoms with Crippen molar-refractivity contribution in [1.29, 1.82) is 0 Å². The van der Waals surface area contributed by atoms with Crippen LogP contribution in [0.25, 0.3) is 0 Å². The molecule has 76 valence electrons. The molecule has 0 aliphatic rings. The van der Waals surface area contributed by atoms with Crippen molar-refractivity contribution in [2.45, 2.75) is 44.4 Å². The molecule has 0 fully saturated rings. The van der Waals surface area contributed by atoms with Gasteiger partial charge in [0.05, 0.1) is 6.42 Å². The van der Waals surface area contributed by atoms with E-state index in [9.17, 15) is 9.59 Å². The first-order valence-corrected chi connectivity index (χ1v) is 4.83. The molecular weight excluding hydrogens is 192 g/mol. The van der Waals surface area contributed by atoms with Gasteiger partial charge in [-0.1, -0.05) is 0 Å². The van der Waals surface area contributed by atoms with Crippen LogP contribution < -0.4 is 0 Å². The van der Waals surface area contributed by atoms with Crippen LogP contribution in [0.1, 0.15) is 39.0 Å². The van der Waals surface area contributed by atoms with Gasteiger partial charge in [-0.25, -0.2) is 0 Å². The Kier molecular flexibility index (Phi) is 6.59. The van der Waals surface area contributed by atoms with Crippen LogP contribution in [-0.2, 0) is 9.59 Å². The number of rotatable bonds is 7. The largest absolute Gasteiger partial charge is 0.481 e. The maximum absolute atomic E-state index is 11.0. The summed E-state index contributed by atoms with van der Waals surface area (Å²) in [6, 6.07) is 0. The molecule has 1 N–H and O–H groups in total. The minimum absolute atomic E-state index is 0.0136. The molecule has 4 heteroatoms. The summed E-state index contributed by atoms with van der Waals surface area (Å²) in [5.41, 5.74) is 0. The van der Waals surface area contributed by atoms with E-state index in [2.05, 4.69) is 0 Å². The highest BCUT2D eigenvalue weighted by Crippen LogP contribution is 2.08. The van der Waals surface area contributed by atoms with E-state index in [1.165, 1.54) is 0 Å². The van der Waals surface area contributed by atoms with Crippen molar-refractivity contribution < 1.29 is 14.7 Å². The van der Waals surface area contributed by atoms with Crippen LogP contribution in [-0.4, -0.2) is 22.2 Å². The molecule has 0 bridgehead atoms. The van der Waals surface area contributed by atoms with Crippen LogP contribution >= 0.6 is 11.6 Å². The number of hydrogen-bond acceptors (Lipinski definition) is 2. The van der Waals surface area contributed by atoms with Crippen molar-refractivity contribution in [2.75, 3.05) is 0 Å². The van der Waals surface area contributed by atoms with Crippen LogP contribution in [0.4, 0.5) is 0 Å². The summed E-state index contributed by atoms with van der Waals surface area (Å²) in [6.45, 7) is 1.88. The number of aliphatic carboxylic acids is 1.